The first kappa shape index (κ1) is 17.5. The van der Waals surface area contributed by atoms with Gasteiger partial charge in [0.1, 0.15) is 17.3 Å². The van der Waals surface area contributed by atoms with Crippen molar-refractivity contribution in [2.45, 2.75) is 0 Å². The van der Waals surface area contributed by atoms with Crippen molar-refractivity contribution < 1.29 is 13.6 Å². The maximum atomic E-state index is 13.6. The van der Waals surface area contributed by atoms with Crippen molar-refractivity contribution in [3.63, 3.8) is 0 Å². The number of nitrogens with zero attached hydrogens (tertiary/aromatic N) is 3. The van der Waals surface area contributed by atoms with Gasteiger partial charge in [-0.1, -0.05) is 48.5 Å². The summed E-state index contributed by atoms with van der Waals surface area (Å²) in [5, 5.41) is 11.3. The van der Waals surface area contributed by atoms with E-state index in [0.29, 0.717) is 16.8 Å². The Morgan fingerprint density at radius 3 is 2.07 bits per heavy atom. The lowest BCUT2D eigenvalue weighted by atomic mass is 10.1. The van der Waals surface area contributed by atoms with Crippen molar-refractivity contribution in [1.82, 2.24) is 15.0 Å². The van der Waals surface area contributed by atoms with Crippen molar-refractivity contribution >= 4 is 11.7 Å². The molecular formula is C21H14F2N4O. The van der Waals surface area contributed by atoms with Crippen LogP contribution in [-0.4, -0.2) is 20.9 Å². The first-order valence-electron chi connectivity index (χ1n) is 8.46. The van der Waals surface area contributed by atoms with E-state index in [0.717, 1.165) is 23.0 Å². The highest BCUT2D eigenvalue weighted by Gasteiger charge is 2.18. The Labute approximate surface area is 159 Å². The van der Waals surface area contributed by atoms with E-state index >= 15 is 0 Å². The Morgan fingerprint density at radius 2 is 1.43 bits per heavy atom. The van der Waals surface area contributed by atoms with Crippen LogP contribution in [0.2, 0.25) is 0 Å². The minimum Gasteiger partial charge on any atom is -0.303 e. The molecule has 4 aromatic rings. The van der Waals surface area contributed by atoms with Crippen molar-refractivity contribution in [3.05, 3.63) is 96.1 Å². The van der Waals surface area contributed by atoms with Crippen molar-refractivity contribution in [1.29, 1.82) is 0 Å². The van der Waals surface area contributed by atoms with Gasteiger partial charge in [-0.25, -0.2) is 8.78 Å². The number of aromatic nitrogens is 3. The van der Waals surface area contributed by atoms with Gasteiger partial charge in [0.2, 0.25) is 0 Å². The molecule has 7 heteroatoms. The summed E-state index contributed by atoms with van der Waals surface area (Å²) in [6, 6.07) is 20.7. The fourth-order valence-corrected chi connectivity index (χ4v) is 2.72. The zero-order chi connectivity index (χ0) is 19.5. The van der Waals surface area contributed by atoms with E-state index in [9.17, 15) is 13.6 Å². The molecular weight excluding hydrogens is 362 g/mol. The molecule has 138 valence electrons. The number of carbonyl (C=O) groups excluding carboxylic acids is 1. The standard InChI is InChI=1S/C21H14F2N4O/c22-16-11-17(23)13-18(12-16)27-25-19(14-7-3-1-4-8-14)20(26-27)24-21(28)15-9-5-2-6-10-15/h1-13H,(H,24,26,28). The molecule has 0 aliphatic rings. The van der Waals surface area contributed by atoms with Crippen LogP contribution in [0.1, 0.15) is 10.4 Å². The molecule has 0 bridgehead atoms. The average molecular weight is 376 g/mol. The third kappa shape index (κ3) is 3.64. The third-order valence-corrected chi connectivity index (χ3v) is 4.01. The molecule has 0 aliphatic carbocycles. The Hall–Kier alpha value is -3.87. The van der Waals surface area contributed by atoms with Crippen molar-refractivity contribution in [2.75, 3.05) is 5.32 Å². The van der Waals surface area contributed by atoms with Crippen LogP contribution >= 0.6 is 0 Å². The number of anilines is 1. The van der Waals surface area contributed by atoms with E-state index in [2.05, 4.69) is 15.5 Å². The van der Waals surface area contributed by atoms with Gasteiger partial charge in [-0.2, -0.15) is 0 Å². The van der Waals surface area contributed by atoms with Gasteiger partial charge >= 0.3 is 0 Å². The second-order valence-electron chi connectivity index (χ2n) is 6.00. The molecule has 0 saturated carbocycles. The quantitative estimate of drug-likeness (QED) is 0.572. The maximum absolute atomic E-state index is 13.6. The van der Waals surface area contributed by atoms with Crippen LogP contribution in [-0.2, 0) is 0 Å². The lowest BCUT2D eigenvalue weighted by molar-refractivity contribution is 0.102. The largest absolute Gasteiger partial charge is 0.303 e. The summed E-state index contributed by atoms with van der Waals surface area (Å²) < 4.78 is 27.2. The molecule has 3 aromatic carbocycles. The monoisotopic (exact) mass is 376 g/mol. The summed E-state index contributed by atoms with van der Waals surface area (Å²) >= 11 is 0. The van der Waals surface area contributed by atoms with Gasteiger partial charge in [0.15, 0.2) is 5.82 Å². The highest BCUT2D eigenvalue weighted by atomic mass is 19.1. The van der Waals surface area contributed by atoms with Gasteiger partial charge < -0.3 is 5.32 Å². The summed E-state index contributed by atoms with van der Waals surface area (Å²) in [4.78, 5) is 13.6. The number of amides is 1. The summed E-state index contributed by atoms with van der Waals surface area (Å²) in [6.07, 6.45) is 0. The summed E-state index contributed by atoms with van der Waals surface area (Å²) in [5.41, 5.74) is 1.64. The molecule has 0 saturated heterocycles. The minimum atomic E-state index is -0.747. The van der Waals surface area contributed by atoms with Crippen LogP contribution < -0.4 is 5.32 Å². The molecule has 0 atom stereocenters. The normalized spacial score (nSPS) is 10.6. The van der Waals surface area contributed by atoms with E-state index in [1.807, 2.05) is 18.2 Å². The fourth-order valence-electron chi connectivity index (χ4n) is 2.72. The maximum Gasteiger partial charge on any atom is 0.256 e. The van der Waals surface area contributed by atoms with Gasteiger partial charge in [0.25, 0.3) is 5.91 Å². The van der Waals surface area contributed by atoms with Gasteiger partial charge in [0, 0.05) is 29.3 Å². The number of benzene rings is 3. The number of hydrogen-bond acceptors (Lipinski definition) is 3. The van der Waals surface area contributed by atoms with Crippen LogP contribution in [0.15, 0.2) is 78.9 Å². The van der Waals surface area contributed by atoms with Crippen molar-refractivity contribution in [2.24, 2.45) is 0 Å². The fraction of sp³-hybridized carbons (Fsp3) is 0. The molecule has 0 radical (unpaired) electrons. The highest BCUT2D eigenvalue weighted by Crippen LogP contribution is 2.26. The van der Waals surface area contributed by atoms with Gasteiger partial charge in [-0.3, -0.25) is 4.79 Å². The third-order valence-electron chi connectivity index (χ3n) is 4.01. The zero-order valence-electron chi connectivity index (χ0n) is 14.5. The van der Waals surface area contributed by atoms with Gasteiger partial charge in [-0.05, 0) is 12.1 Å². The average Bonchev–Trinajstić information content (AvgIpc) is 3.12. The summed E-state index contributed by atoms with van der Waals surface area (Å²) in [5.74, 6) is -1.67. The molecule has 0 aliphatic heterocycles. The Kier molecular flexibility index (Phi) is 4.63. The van der Waals surface area contributed by atoms with Gasteiger partial charge in [-0.15, -0.1) is 15.0 Å². The lowest BCUT2D eigenvalue weighted by Gasteiger charge is -2.04. The van der Waals surface area contributed by atoms with E-state index < -0.39 is 11.6 Å². The molecule has 1 heterocycles. The predicted octanol–water partition coefficient (Wildman–Crippen LogP) is 4.46. The lowest BCUT2D eigenvalue weighted by Crippen LogP contribution is -2.13. The van der Waals surface area contributed by atoms with Crippen LogP contribution in [0, 0.1) is 11.6 Å². The molecule has 1 N–H and O–H groups in total. The van der Waals surface area contributed by atoms with E-state index in [4.69, 9.17) is 0 Å². The van der Waals surface area contributed by atoms with E-state index in [-0.39, 0.29) is 17.4 Å². The summed E-state index contributed by atoms with van der Waals surface area (Å²) in [7, 11) is 0. The van der Waals surface area contributed by atoms with Crippen LogP contribution in [0.25, 0.3) is 16.9 Å². The molecule has 5 nitrogen and oxygen atoms in total. The number of carbonyl (C=O) groups is 1. The van der Waals surface area contributed by atoms with Crippen LogP contribution in [0.3, 0.4) is 0 Å². The molecule has 1 aromatic heterocycles. The number of rotatable bonds is 4. The Morgan fingerprint density at radius 1 is 0.821 bits per heavy atom. The number of hydrogen-bond donors (Lipinski definition) is 1. The SMILES string of the molecule is O=C(Nc1nn(-c2cc(F)cc(F)c2)nc1-c1ccccc1)c1ccccc1. The van der Waals surface area contributed by atoms with E-state index in [1.165, 1.54) is 0 Å². The second kappa shape index (κ2) is 7.40. The molecule has 0 spiro atoms. The molecule has 1 amide bonds. The zero-order valence-corrected chi connectivity index (χ0v) is 14.5. The topological polar surface area (TPSA) is 59.8 Å². The number of halogens is 2. The molecule has 4 rings (SSSR count). The molecule has 28 heavy (non-hydrogen) atoms. The van der Waals surface area contributed by atoms with Crippen LogP contribution in [0.5, 0.6) is 0 Å². The van der Waals surface area contributed by atoms with Crippen molar-refractivity contribution in [3.8, 4) is 16.9 Å². The number of nitrogens with one attached hydrogen (secondary N) is 1. The first-order valence-corrected chi connectivity index (χ1v) is 8.46. The Balaban J connectivity index is 1.77. The molecule has 0 unspecified atom stereocenters. The van der Waals surface area contributed by atoms with Crippen LogP contribution in [0.4, 0.5) is 14.6 Å². The Bertz CT molecular complexity index is 1110. The summed E-state index contributed by atoms with van der Waals surface area (Å²) in [6.45, 7) is 0. The second-order valence-corrected chi connectivity index (χ2v) is 6.00. The smallest absolute Gasteiger partial charge is 0.256 e. The highest BCUT2D eigenvalue weighted by molar-refractivity contribution is 6.05. The predicted molar refractivity (Wildman–Crippen MR) is 101 cm³/mol. The van der Waals surface area contributed by atoms with Gasteiger partial charge in [0.05, 0.1) is 5.69 Å². The molecule has 0 fully saturated rings. The first-order chi connectivity index (χ1) is 13.6. The van der Waals surface area contributed by atoms with E-state index in [1.54, 1.807) is 42.5 Å². The minimum absolute atomic E-state index is 0.106.